The molecule has 0 saturated carbocycles. The number of aromatic nitrogens is 1. The molecule has 0 aliphatic carbocycles. The second-order valence-corrected chi connectivity index (χ2v) is 6.24. The van der Waals surface area contributed by atoms with Crippen LogP contribution in [0.25, 0.3) is 10.2 Å². The number of carbonyl (C=O) groups is 1. The molecule has 1 aromatic carbocycles. The van der Waals surface area contributed by atoms with Gasteiger partial charge in [-0.15, -0.1) is 11.3 Å². The van der Waals surface area contributed by atoms with Crippen LogP contribution in [0.3, 0.4) is 0 Å². The average molecular weight is 351 g/mol. The van der Waals surface area contributed by atoms with Crippen molar-refractivity contribution in [3.63, 3.8) is 0 Å². The van der Waals surface area contributed by atoms with Crippen molar-refractivity contribution < 1.29 is 9.90 Å². The molecule has 3 aromatic rings. The molecular formula is C17H16N2NaO3S. The summed E-state index contributed by atoms with van der Waals surface area (Å²) in [5.74, 6) is -0.767. The van der Waals surface area contributed by atoms with Crippen LogP contribution in [-0.4, -0.2) is 52.2 Å². The number of hydrogen-bond acceptors (Lipinski definition) is 4. The number of nitrogens with zero attached hydrogens (tertiary/aromatic N) is 2. The monoisotopic (exact) mass is 351 g/mol. The van der Waals surface area contributed by atoms with Crippen LogP contribution in [0, 0.1) is 6.92 Å². The van der Waals surface area contributed by atoms with E-state index in [0.29, 0.717) is 15.9 Å². The van der Waals surface area contributed by atoms with Crippen molar-refractivity contribution in [1.82, 2.24) is 4.57 Å². The Balaban J connectivity index is 0.00000208. The molecule has 1 radical (unpaired) electrons. The Labute approximate surface area is 165 Å². The van der Waals surface area contributed by atoms with Gasteiger partial charge in [0.2, 0.25) is 0 Å². The van der Waals surface area contributed by atoms with Crippen molar-refractivity contribution in [1.29, 1.82) is 0 Å². The molecule has 0 saturated heterocycles. The zero-order chi connectivity index (χ0) is 16.7. The van der Waals surface area contributed by atoms with Crippen LogP contribution in [0.1, 0.15) is 15.9 Å². The van der Waals surface area contributed by atoms with Crippen LogP contribution >= 0.6 is 11.3 Å². The maximum atomic E-state index is 12.8. The third-order valence-corrected chi connectivity index (χ3v) is 5.09. The molecule has 0 atom stereocenters. The maximum absolute atomic E-state index is 12.8. The van der Waals surface area contributed by atoms with Crippen LogP contribution in [-0.2, 0) is 7.05 Å². The van der Waals surface area contributed by atoms with Gasteiger partial charge in [-0.3, -0.25) is 9.59 Å². The minimum atomic E-state index is -0.526. The first-order valence-electron chi connectivity index (χ1n) is 7.06. The number of aromatic hydroxyl groups is 1. The van der Waals surface area contributed by atoms with E-state index in [1.807, 2.05) is 30.5 Å². The van der Waals surface area contributed by atoms with Crippen molar-refractivity contribution in [3.05, 3.63) is 57.2 Å². The molecule has 1 N–H and O–H groups in total. The van der Waals surface area contributed by atoms with Gasteiger partial charge in [-0.25, -0.2) is 0 Å². The zero-order valence-corrected chi connectivity index (χ0v) is 16.8. The van der Waals surface area contributed by atoms with E-state index in [2.05, 4.69) is 0 Å². The number of thiophene rings is 1. The smallest absolute Gasteiger partial charge is 0.268 e. The summed E-state index contributed by atoms with van der Waals surface area (Å²) in [5.41, 5.74) is 0.799. The van der Waals surface area contributed by atoms with Crippen molar-refractivity contribution in [2.24, 2.45) is 7.05 Å². The summed E-state index contributed by atoms with van der Waals surface area (Å²) >= 11 is 1.37. The van der Waals surface area contributed by atoms with E-state index in [9.17, 15) is 14.7 Å². The van der Waals surface area contributed by atoms with Gasteiger partial charge in [0, 0.05) is 49.3 Å². The van der Waals surface area contributed by atoms with Gasteiger partial charge in [0.15, 0.2) is 0 Å². The van der Waals surface area contributed by atoms with Crippen LogP contribution in [0.15, 0.2) is 40.5 Å². The normalized spacial score (nSPS) is 10.5. The molecule has 7 heteroatoms. The predicted octanol–water partition coefficient (Wildman–Crippen LogP) is 2.51. The fraction of sp³-hybridized carbons (Fsp3) is 0.176. The second-order valence-electron chi connectivity index (χ2n) is 5.39. The molecule has 3 rings (SSSR count). The van der Waals surface area contributed by atoms with Crippen LogP contribution in [0.5, 0.6) is 5.75 Å². The molecule has 0 bridgehead atoms. The molecule has 0 fully saturated rings. The SMILES string of the molecule is Cc1csc2c1c(O)c(C(=O)N(C)c1ccccc1)c(=O)n2C.[Na]. The topological polar surface area (TPSA) is 62.5 Å². The number of para-hydroxylation sites is 1. The van der Waals surface area contributed by atoms with Crippen molar-refractivity contribution in [2.75, 3.05) is 11.9 Å². The number of pyridine rings is 1. The Morgan fingerprint density at radius 3 is 2.50 bits per heavy atom. The Hall–Kier alpha value is -1.60. The van der Waals surface area contributed by atoms with Gasteiger partial charge in [0.1, 0.15) is 16.1 Å². The minimum Gasteiger partial charge on any atom is -0.506 e. The first-order valence-corrected chi connectivity index (χ1v) is 7.94. The number of hydrogen-bond donors (Lipinski definition) is 1. The van der Waals surface area contributed by atoms with Crippen molar-refractivity contribution in [3.8, 4) is 5.75 Å². The van der Waals surface area contributed by atoms with Gasteiger partial charge in [-0.2, -0.15) is 0 Å². The summed E-state index contributed by atoms with van der Waals surface area (Å²) in [4.78, 5) is 27.3. The number of benzene rings is 1. The quantitative estimate of drug-likeness (QED) is 0.722. The molecule has 0 unspecified atom stereocenters. The van der Waals surface area contributed by atoms with Crippen LogP contribution in [0.4, 0.5) is 5.69 Å². The summed E-state index contributed by atoms with van der Waals surface area (Å²) in [6, 6.07) is 9.01. The minimum absolute atomic E-state index is 0. The van der Waals surface area contributed by atoms with Gasteiger partial charge in [-0.1, -0.05) is 18.2 Å². The zero-order valence-electron chi connectivity index (χ0n) is 14.0. The molecule has 0 spiro atoms. The predicted molar refractivity (Wildman–Crippen MR) is 98.4 cm³/mol. The number of rotatable bonds is 2. The number of fused-ring (bicyclic) bond motifs is 1. The van der Waals surface area contributed by atoms with Crippen LogP contribution < -0.4 is 10.5 Å². The fourth-order valence-corrected chi connectivity index (χ4v) is 3.60. The summed E-state index contributed by atoms with van der Waals surface area (Å²) in [5, 5.41) is 13.0. The summed E-state index contributed by atoms with van der Waals surface area (Å²) in [7, 11) is 3.20. The molecule has 2 heterocycles. The van der Waals surface area contributed by atoms with E-state index in [1.165, 1.54) is 20.8 Å². The Morgan fingerprint density at radius 1 is 1.25 bits per heavy atom. The van der Waals surface area contributed by atoms with E-state index in [0.717, 1.165) is 5.56 Å². The van der Waals surface area contributed by atoms with E-state index in [4.69, 9.17) is 0 Å². The van der Waals surface area contributed by atoms with E-state index < -0.39 is 11.5 Å². The van der Waals surface area contributed by atoms with Gasteiger partial charge < -0.3 is 14.6 Å². The largest absolute Gasteiger partial charge is 0.506 e. The molecule has 2 aromatic heterocycles. The van der Waals surface area contributed by atoms with Crippen molar-refractivity contribution >= 4 is 62.7 Å². The molecule has 0 aliphatic heterocycles. The average Bonchev–Trinajstić information content (AvgIpc) is 2.95. The molecule has 24 heavy (non-hydrogen) atoms. The van der Waals surface area contributed by atoms with Crippen molar-refractivity contribution in [2.45, 2.75) is 6.92 Å². The van der Waals surface area contributed by atoms with Gasteiger partial charge in [0.05, 0.1) is 5.39 Å². The Morgan fingerprint density at radius 2 is 1.88 bits per heavy atom. The number of carbonyl (C=O) groups excluding carboxylic acids is 1. The molecule has 0 aliphatic rings. The molecular weight excluding hydrogens is 335 g/mol. The first kappa shape index (κ1) is 18.7. The Bertz CT molecular complexity index is 963. The molecule has 5 nitrogen and oxygen atoms in total. The molecule has 119 valence electrons. The van der Waals surface area contributed by atoms with Crippen LogP contribution in [0.2, 0.25) is 0 Å². The second kappa shape index (κ2) is 7.11. The first-order chi connectivity index (χ1) is 10.9. The van der Waals surface area contributed by atoms with E-state index >= 15 is 0 Å². The maximum Gasteiger partial charge on any atom is 0.268 e. The molecule has 1 amide bonds. The summed E-state index contributed by atoms with van der Waals surface area (Å²) in [6.07, 6.45) is 0. The third kappa shape index (κ3) is 2.91. The number of aryl methyl sites for hydroxylation is 2. The van der Waals surface area contributed by atoms with Gasteiger partial charge in [0.25, 0.3) is 11.5 Å². The van der Waals surface area contributed by atoms with E-state index in [-0.39, 0.29) is 40.9 Å². The van der Waals surface area contributed by atoms with E-state index in [1.54, 1.807) is 26.2 Å². The summed E-state index contributed by atoms with van der Waals surface area (Å²) < 4.78 is 1.42. The standard InChI is InChI=1S/C17H16N2O3S.Na/c1-10-9-23-17-12(10)14(20)13(16(22)19(17)3)15(21)18(2)11-7-5-4-6-8-11;/h4-9,20H,1-3H3;. The summed E-state index contributed by atoms with van der Waals surface area (Å²) in [6.45, 7) is 1.85. The Kier molecular flexibility index (Phi) is 5.55. The van der Waals surface area contributed by atoms with Gasteiger partial charge >= 0.3 is 0 Å². The van der Waals surface area contributed by atoms with Gasteiger partial charge in [-0.05, 0) is 30.0 Å². The fourth-order valence-electron chi connectivity index (χ4n) is 2.58. The number of amides is 1. The number of anilines is 1. The third-order valence-electron chi connectivity index (χ3n) is 3.91.